The summed E-state index contributed by atoms with van der Waals surface area (Å²) in [5.74, 6) is 0.0435. The molecule has 0 aliphatic carbocycles. The van der Waals surface area contributed by atoms with Crippen LogP contribution in [0.15, 0.2) is 18.2 Å². The van der Waals surface area contributed by atoms with Gasteiger partial charge < -0.3 is 4.90 Å². The maximum atomic E-state index is 13.3. The molecule has 17 heavy (non-hydrogen) atoms. The van der Waals surface area contributed by atoms with Gasteiger partial charge in [-0.2, -0.15) is 0 Å². The van der Waals surface area contributed by atoms with Crippen LogP contribution in [0, 0.1) is 5.82 Å². The fourth-order valence-corrected chi connectivity index (χ4v) is 3.26. The summed E-state index contributed by atoms with van der Waals surface area (Å²) in [7, 11) is 0. The summed E-state index contributed by atoms with van der Waals surface area (Å²) in [6.07, 6.45) is 3.15. The zero-order chi connectivity index (χ0) is 12.0. The van der Waals surface area contributed by atoms with Crippen molar-refractivity contribution in [1.29, 1.82) is 0 Å². The summed E-state index contributed by atoms with van der Waals surface area (Å²) in [6.45, 7) is 0. The fraction of sp³-hybridized carbons (Fsp3) is 0.462. The van der Waals surface area contributed by atoms with E-state index in [-0.39, 0.29) is 17.9 Å². The molecule has 0 radical (unpaired) electrons. The Morgan fingerprint density at radius 2 is 1.88 bits per heavy atom. The molecule has 0 aromatic heterocycles. The van der Waals surface area contributed by atoms with Crippen molar-refractivity contribution in [2.45, 2.75) is 37.8 Å². The smallest absolute Gasteiger partial charge is 0.137 e. The number of halogens is 2. The summed E-state index contributed by atoms with van der Waals surface area (Å²) in [6, 6.07) is 4.84. The van der Waals surface area contributed by atoms with Crippen molar-refractivity contribution in [1.82, 2.24) is 0 Å². The van der Waals surface area contributed by atoms with Crippen molar-refractivity contribution >= 4 is 23.1 Å². The molecule has 2 nitrogen and oxygen atoms in total. The Morgan fingerprint density at radius 1 is 1.24 bits per heavy atom. The number of carbonyl (C=O) groups is 1. The van der Waals surface area contributed by atoms with Gasteiger partial charge >= 0.3 is 0 Å². The Bertz CT molecular complexity index is 460. The van der Waals surface area contributed by atoms with E-state index in [0.717, 1.165) is 18.5 Å². The minimum Gasteiger partial charge on any atom is -0.363 e. The van der Waals surface area contributed by atoms with Gasteiger partial charge in [0.05, 0.1) is 10.7 Å². The molecule has 0 N–H and O–H groups in total. The van der Waals surface area contributed by atoms with Gasteiger partial charge in [0.25, 0.3) is 0 Å². The van der Waals surface area contributed by atoms with Gasteiger partial charge in [-0.3, -0.25) is 4.79 Å². The van der Waals surface area contributed by atoms with Gasteiger partial charge in [-0.25, -0.2) is 4.39 Å². The predicted octanol–water partition coefficient (Wildman–Crippen LogP) is 3.18. The lowest BCUT2D eigenvalue weighted by molar-refractivity contribution is -0.120. The molecular weight excluding hydrogens is 241 g/mol. The van der Waals surface area contributed by atoms with Crippen LogP contribution in [0.1, 0.15) is 25.7 Å². The minimum atomic E-state index is -0.277. The average Bonchev–Trinajstić information content (AvgIpc) is 2.54. The first kappa shape index (κ1) is 11.0. The van der Waals surface area contributed by atoms with Gasteiger partial charge in [0.2, 0.25) is 0 Å². The second kappa shape index (κ2) is 3.98. The zero-order valence-electron chi connectivity index (χ0n) is 9.33. The lowest BCUT2D eigenvalue weighted by Gasteiger charge is -2.36. The topological polar surface area (TPSA) is 20.3 Å². The molecule has 0 amide bonds. The molecular formula is C13H13ClFNO. The third-order valence-corrected chi connectivity index (χ3v) is 4.05. The number of hydrogen-bond acceptors (Lipinski definition) is 2. The second-order valence-electron chi connectivity index (χ2n) is 4.83. The molecule has 3 rings (SSSR count). The van der Waals surface area contributed by atoms with E-state index in [1.165, 1.54) is 12.1 Å². The van der Waals surface area contributed by atoms with Crippen LogP contribution in [-0.2, 0) is 4.79 Å². The van der Waals surface area contributed by atoms with Crippen LogP contribution >= 0.6 is 11.6 Å². The molecule has 4 heteroatoms. The molecule has 90 valence electrons. The first-order chi connectivity index (χ1) is 8.15. The Balaban J connectivity index is 1.99. The number of Topliss-reactive ketones (excluding diaryl/α,β-unsaturated/α-hetero) is 1. The zero-order valence-corrected chi connectivity index (χ0v) is 10.1. The lowest BCUT2D eigenvalue weighted by Crippen LogP contribution is -2.43. The standard InChI is InChI=1S/C13H13ClFNO/c14-12-4-1-8(15)5-13(12)16-9-2-3-10(16)7-11(17)6-9/h1,4-5,9-10H,2-3,6-7H2. The molecule has 2 aliphatic heterocycles. The van der Waals surface area contributed by atoms with Crippen LogP contribution in [0.2, 0.25) is 5.02 Å². The van der Waals surface area contributed by atoms with Crippen molar-refractivity contribution in [3.05, 3.63) is 29.0 Å². The Morgan fingerprint density at radius 3 is 2.53 bits per heavy atom. The monoisotopic (exact) mass is 253 g/mol. The molecule has 2 heterocycles. The van der Waals surface area contributed by atoms with Crippen molar-refractivity contribution in [2.75, 3.05) is 4.90 Å². The van der Waals surface area contributed by atoms with E-state index < -0.39 is 0 Å². The highest BCUT2D eigenvalue weighted by atomic mass is 35.5. The van der Waals surface area contributed by atoms with E-state index in [2.05, 4.69) is 4.90 Å². The number of benzene rings is 1. The number of rotatable bonds is 1. The van der Waals surface area contributed by atoms with Crippen LogP contribution in [0.5, 0.6) is 0 Å². The minimum absolute atomic E-state index is 0.209. The van der Waals surface area contributed by atoms with Gasteiger partial charge in [-0.1, -0.05) is 11.6 Å². The molecule has 1 aromatic rings. The van der Waals surface area contributed by atoms with Gasteiger partial charge in [-0.05, 0) is 31.0 Å². The van der Waals surface area contributed by atoms with Crippen LogP contribution in [-0.4, -0.2) is 17.9 Å². The van der Waals surface area contributed by atoms with Crippen molar-refractivity contribution < 1.29 is 9.18 Å². The number of piperidine rings is 1. The summed E-state index contributed by atoms with van der Waals surface area (Å²) < 4.78 is 13.3. The third-order valence-electron chi connectivity index (χ3n) is 3.73. The third kappa shape index (κ3) is 1.82. The van der Waals surface area contributed by atoms with Crippen molar-refractivity contribution in [3.63, 3.8) is 0 Å². The van der Waals surface area contributed by atoms with Crippen LogP contribution in [0.3, 0.4) is 0 Å². The molecule has 2 atom stereocenters. The Hall–Kier alpha value is -1.09. The molecule has 2 bridgehead atoms. The summed E-state index contributed by atoms with van der Waals surface area (Å²) >= 11 is 6.13. The van der Waals surface area contributed by atoms with Crippen LogP contribution in [0.25, 0.3) is 0 Å². The van der Waals surface area contributed by atoms with E-state index in [9.17, 15) is 9.18 Å². The first-order valence-corrected chi connectivity index (χ1v) is 6.28. The van der Waals surface area contributed by atoms with E-state index in [0.29, 0.717) is 23.6 Å². The number of fused-ring (bicyclic) bond motifs is 2. The number of anilines is 1. The summed E-state index contributed by atoms with van der Waals surface area (Å²) in [4.78, 5) is 13.7. The molecule has 2 saturated heterocycles. The first-order valence-electron chi connectivity index (χ1n) is 5.90. The Kier molecular flexibility index (Phi) is 2.58. The number of nitrogens with zero attached hydrogens (tertiary/aromatic N) is 1. The number of carbonyl (C=O) groups excluding carboxylic acids is 1. The van der Waals surface area contributed by atoms with E-state index in [1.807, 2.05) is 0 Å². The highest BCUT2D eigenvalue weighted by molar-refractivity contribution is 6.33. The van der Waals surface area contributed by atoms with Crippen molar-refractivity contribution in [3.8, 4) is 0 Å². The largest absolute Gasteiger partial charge is 0.363 e. The molecule has 2 aliphatic rings. The second-order valence-corrected chi connectivity index (χ2v) is 5.24. The molecule has 0 spiro atoms. The summed E-state index contributed by atoms with van der Waals surface area (Å²) in [5, 5.41) is 0.567. The van der Waals surface area contributed by atoms with Gasteiger partial charge in [0.15, 0.2) is 0 Å². The fourth-order valence-electron chi connectivity index (χ4n) is 3.05. The number of ketones is 1. The van der Waals surface area contributed by atoms with E-state index >= 15 is 0 Å². The Labute approximate surface area is 104 Å². The highest BCUT2D eigenvalue weighted by Gasteiger charge is 2.40. The van der Waals surface area contributed by atoms with E-state index in [4.69, 9.17) is 11.6 Å². The lowest BCUT2D eigenvalue weighted by atomic mass is 10.0. The molecule has 1 aromatic carbocycles. The quantitative estimate of drug-likeness (QED) is 0.766. The summed E-state index contributed by atoms with van der Waals surface area (Å²) in [5.41, 5.74) is 0.742. The van der Waals surface area contributed by atoms with Gasteiger partial charge in [0, 0.05) is 24.9 Å². The number of hydrogen-bond donors (Lipinski definition) is 0. The van der Waals surface area contributed by atoms with Crippen LogP contribution < -0.4 is 4.90 Å². The van der Waals surface area contributed by atoms with Crippen molar-refractivity contribution in [2.24, 2.45) is 0 Å². The van der Waals surface area contributed by atoms with Gasteiger partial charge in [-0.15, -0.1) is 0 Å². The SMILES string of the molecule is O=C1CC2CCC(C1)N2c1cc(F)ccc1Cl. The average molecular weight is 254 g/mol. The van der Waals surface area contributed by atoms with E-state index in [1.54, 1.807) is 6.07 Å². The molecule has 0 saturated carbocycles. The normalized spacial score (nSPS) is 27.6. The molecule has 2 fully saturated rings. The maximum Gasteiger partial charge on any atom is 0.137 e. The highest BCUT2D eigenvalue weighted by Crippen LogP contribution is 2.40. The predicted molar refractivity (Wildman–Crippen MR) is 64.9 cm³/mol. The van der Waals surface area contributed by atoms with Gasteiger partial charge in [0.1, 0.15) is 11.6 Å². The maximum absolute atomic E-state index is 13.3. The molecule has 2 unspecified atom stereocenters. The van der Waals surface area contributed by atoms with Crippen LogP contribution in [0.4, 0.5) is 10.1 Å².